The molecule has 2 aliphatic heterocycles. The number of hydrogen-bond donors (Lipinski definition) is 1. The standard InChI is InChI=1S/C15H29NO3/c1-4-18-14(2,3)13(16)12-5-8-19-15(11-12)6-9-17-10-7-15/h12-13H,4-11,16H2,1-3H3. The molecule has 0 saturated carbocycles. The van der Waals surface area contributed by atoms with Crippen molar-refractivity contribution in [2.45, 2.75) is 63.7 Å². The van der Waals surface area contributed by atoms with E-state index in [9.17, 15) is 0 Å². The number of hydrogen-bond acceptors (Lipinski definition) is 4. The van der Waals surface area contributed by atoms with Crippen molar-refractivity contribution in [1.82, 2.24) is 0 Å². The second-order valence-electron chi connectivity index (χ2n) is 6.46. The summed E-state index contributed by atoms with van der Waals surface area (Å²) in [6.45, 7) is 9.40. The third-order valence-electron chi connectivity index (χ3n) is 4.76. The minimum Gasteiger partial charge on any atom is -0.381 e. The highest BCUT2D eigenvalue weighted by atomic mass is 16.5. The molecule has 19 heavy (non-hydrogen) atoms. The molecule has 2 N–H and O–H groups in total. The molecular weight excluding hydrogens is 242 g/mol. The average Bonchev–Trinajstić information content (AvgIpc) is 2.39. The van der Waals surface area contributed by atoms with Crippen LogP contribution in [0, 0.1) is 5.92 Å². The first-order valence-electron chi connectivity index (χ1n) is 7.60. The highest BCUT2D eigenvalue weighted by Crippen LogP contribution is 2.39. The fourth-order valence-electron chi connectivity index (χ4n) is 3.50. The molecule has 0 aromatic carbocycles. The van der Waals surface area contributed by atoms with Gasteiger partial charge in [0.2, 0.25) is 0 Å². The third-order valence-corrected chi connectivity index (χ3v) is 4.76. The van der Waals surface area contributed by atoms with Gasteiger partial charge < -0.3 is 19.9 Å². The zero-order chi connectivity index (χ0) is 13.9. The van der Waals surface area contributed by atoms with Gasteiger partial charge in [-0.3, -0.25) is 0 Å². The summed E-state index contributed by atoms with van der Waals surface area (Å²) in [6.07, 6.45) is 4.10. The summed E-state index contributed by atoms with van der Waals surface area (Å²) in [5, 5.41) is 0. The van der Waals surface area contributed by atoms with Gasteiger partial charge in [0, 0.05) is 32.5 Å². The quantitative estimate of drug-likeness (QED) is 0.851. The van der Waals surface area contributed by atoms with E-state index in [0.29, 0.717) is 12.5 Å². The van der Waals surface area contributed by atoms with E-state index in [2.05, 4.69) is 13.8 Å². The first-order chi connectivity index (χ1) is 8.99. The molecule has 2 aliphatic rings. The predicted molar refractivity (Wildman–Crippen MR) is 75.1 cm³/mol. The van der Waals surface area contributed by atoms with E-state index in [-0.39, 0.29) is 17.2 Å². The van der Waals surface area contributed by atoms with Crippen LogP contribution in [0.5, 0.6) is 0 Å². The maximum Gasteiger partial charge on any atom is 0.0779 e. The molecule has 0 radical (unpaired) electrons. The molecule has 2 atom stereocenters. The first-order valence-corrected chi connectivity index (χ1v) is 7.60. The summed E-state index contributed by atoms with van der Waals surface area (Å²) in [6, 6.07) is 0.0658. The van der Waals surface area contributed by atoms with Gasteiger partial charge >= 0.3 is 0 Å². The first kappa shape index (κ1) is 15.2. The van der Waals surface area contributed by atoms with Gasteiger partial charge in [-0.25, -0.2) is 0 Å². The van der Waals surface area contributed by atoms with Gasteiger partial charge in [0.05, 0.1) is 11.2 Å². The van der Waals surface area contributed by atoms with Crippen molar-refractivity contribution in [3.63, 3.8) is 0 Å². The van der Waals surface area contributed by atoms with Crippen LogP contribution in [0.3, 0.4) is 0 Å². The topological polar surface area (TPSA) is 53.7 Å². The Bertz CT molecular complexity index is 282. The van der Waals surface area contributed by atoms with Crippen LogP contribution < -0.4 is 5.73 Å². The SMILES string of the molecule is CCOC(C)(C)C(N)C1CCOC2(CCOCC2)C1. The van der Waals surface area contributed by atoms with E-state index in [0.717, 1.165) is 45.5 Å². The minimum atomic E-state index is -0.261. The highest BCUT2D eigenvalue weighted by molar-refractivity contribution is 4.96. The number of rotatable bonds is 4. The molecule has 0 amide bonds. The predicted octanol–water partition coefficient (Wildman–Crippen LogP) is 2.10. The lowest BCUT2D eigenvalue weighted by Gasteiger charge is -2.47. The smallest absolute Gasteiger partial charge is 0.0779 e. The maximum atomic E-state index is 6.49. The van der Waals surface area contributed by atoms with Crippen LogP contribution in [0.4, 0.5) is 0 Å². The zero-order valence-corrected chi connectivity index (χ0v) is 12.6. The average molecular weight is 271 g/mol. The van der Waals surface area contributed by atoms with Crippen molar-refractivity contribution in [3.05, 3.63) is 0 Å². The molecule has 2 unspecified atom stereocenters. The second kappa shape index (κ2) is 6.08. The molecular formula is C15H29NO3. The van der Waals surface area contributed by atoms with E-state index in [1.165, 1.54) is 0 Å². The fourth-order valence-corrected chi connectivity index (χ4v) is 3.50. The van der Waals surface area contributed by atoms with Crippen LogP contribution in [0.25, 0.3) is 0 Å². The molecule has 2 heterocycles. The Morgan fingerprint density at radius 2 is 2.00 bits per heavy atom. The largest absolute Gasteiger partial charge is 0.381 e. The van der Waals surface area contributed by atoms with Crippen LogP contribution in [-0.4, -0.2) is 43.7 Å². The summed E-state index contributed by atoms with van der Waals surface area (Å²) in [4.78, 5) is 0. The molecule has 112 valence electrons. The lowest BCUT2D eigenvalue weighted by atomic mass is 9.74. The lowest BCUT2D eigenvalue weighted by Crippen LogP contribution is -2.55. The van der Waals surface area contributed by atoms with E-state index >= 15 is 0 Å². The zero-order valence-electron chi connectivity index (χ0n) is 12.6. The summed E-state index contributed by atoms with van der Waals surface area (Å²) in [7, 11) is 0. The van der Waals surface area contributed by atoms with Gasteiger partial charge in [-0.15, -0.1) is 0 Å². The van der Waals surface area contributed by atoms with Crippen LogP contribution in [-0.2, 0) is 14.2 Å². The Hall–Kier alpha value is -0.160. The summed E-state index contributed by atoms with van der Waals surface area (Å²) in [5.41, 5.74) is 6.24. The molecule has 0 bridgehead atoms. The lowest BCUT2D eigenvalue weighted by molar-refractivity contribution is -0.158. The van der Waals surface area contributed by atoms with Crippen molar-refractivity contribution < 1.29 is 14.2 Å². The Morgan fingerprint density at radius 3 is 2.63 bits per heavy atom. The number of nitrogens with two attached hydrogens (primary N) is 1. The van der Waals surface area contributed by atoms with Crippen molar-refractivity contribution in [1.29, 1.82) is 0 Å². The molecule has 0 aliphatic carbocycles. The van der Waals surface area contributed by atoms with Crippen molar-refractivity contribution in [3.8, 4) is 0 Å². The molecule has 4 nitrogen and oxygen atoms in total. The molecule has 0 aromatic rings. The van der Waals surface area contributed by atoms with Gasteiger partial charge in [-0.1, -0.05) is 0 Å². The Morgan fingerprint density at radius 1 is 1.32 bits per heavy atom. The monoisotopic (exact) mass is 271 g/mol. The van der Waals surface area contributed by atoms with Crippen molar-refractivity contribution >= 4 is 0 Å². The highest BCUT2D eigenvalue weighted by Gasteiger charge is 2.43. The number of ether oxygens (including phenoxy) is 3. The summed E-state index contributed by atoms with van der Waals surface area (Å²) < 4.78 is 17.4. The fraction of sp³-hybridized carbons (Fsp3) is 1.00. The summed E-state index contributed by atoms with van der Waals surface area (Å²) in [5.74, 6) is 0.480. The summed E-state index contributed by atoms with van der Waals surface area (Å²) >= 11 is 0. The third kappa shape index (κ3) is 3.48. The molecule has 2 saturated heterocycles. The van der Waals surface area contributed by atoms with Gasteiger partial charge in [-0.2, -0.15) is 0 Å². The maximum absolute atomic E-state index is 6.49. The molecule has 1 spiro atoms. The van der Waals surface area contributed by atoms with Crippen molar-refractivity contribution in [2.75, 3.05) is 26.4 Å². The Balaban J connectivity index is 2.00. The van der Waals surface area contributed by atoms with Gasteiger partial charge in [0.15, 0.2) is 0 Å². The normalized spacial score (nSPS) is 29.4. The van der Waals surface area contributed by atoms with E-state index in [1.807, 2.05) is 6.92 Å². The van der Waals surface area contributed by atoms with Crippen LogP contribution in [0.1, 0.15) is 46.5 Å². The Kier molecular flexibility index (Phi) is 4.88. The van der Waals surface area contributed by atoms with Crippen molar-refractivity contribution in [2.24, 2.45) is 11.7 Å². The van der Waals surface area contributed by atoms with Gasteiger partial charge in [0.1, 0.15) is 0 Å². The Labute approximate surface area is 117 Å². The van der Waals surface area contributed by atoms with Gasteiger partial charge in [-0.05, 0) is 52.4 Å². The minimum absolute atomic E-state index is 0.0150. The van der Waals surface area contributed by atoms with Crippen LogP contribution in [0.15, 0.2) is 0 Å². The molecule has 2 rings (SSSR count). The molecule has 2 fully saturated rings. The van der Waals surface area contributed by atoms with E-state index in [1.54, 1.807) is 0 Å². The van der Waals surface area contributed by atoms with Gasteiger partial charge in [0.25, 0.3) is 0 Å². The van der Waals surface area contributed by atoms with E-state index in [4.69, 9.17) is 19.9 Å². The van der Waals surface area contributed by atoms with Crippen LogP contribution in [0.2, 0.25) is 0 Å². The van der Waals surface area contributed by atoms with Crippen LogP contribution >= 0.6 is 0 Å². The molecule has 0 aromatic heterocycles. The van der Waals surface area contributed by atoms with E-state index < -0.39 is 0 Å². The molecule has 4 heteroatoms. The second-order valence-corrected chi connectivity index (χ2v) is 6.46.